The highest BCUT2D eigenvalue weighted by atomic mass is 16.5. The first-order chi connectivity index (χ1) is 14.5. The van der Waals surface area contributed by atoms with Crippen LogP contribution in [0.4, 0.5) is 0 Å². The summed E-state index contributed by atoms with van der Waals surface area (Å²) in [6.07, 6.45) is 3.47. The Balaban J connectivity index is 1.92. The standard InChI is InChI=1S/C23H26N4O3/c1-27(2)12-11-24-23(29)21(26-22(28)16-7-5-4-6-8-16)13-17-15-25-20-10-9-18(30-3)14-19(17)20/h4-10,13-15,25H,11-12H2,1-3H3,(H,24,29)(H,26,28)/b21-13-. The average Bonchev–Trinajstić information content (AvgIpc) is 3.15. The van der Waals surface area contributed by atoms with E-state index in [1.54, 1.807) is 43.6 Å². The predicted molar refractivity (Wildman–Crippen MR) is 118 cm³/mol. The van der Waals surface area contributed by atoms with Gasteiger partial charge in [0.1, 0.15) is 11.4 Å². The van der Waals surface area contributed by atoms with Gasteiger partial charge in [-0.15, -0.1) is 0 Å². The SMILES string of the molecule is COc1ccc2[nH]cc(/C=C(\NC(=O)c3ccccc3)C(=O)NCCN(C)C)c2c1. The first kappa shape index (κ1) is 21.1. The van der Waals surface area contributed by atoms with Crippen LogP contribution >= 0.6 is 0 Å². The fourth-order valence-corrected chi connectivity index (χ4v) is 2.95. The molecular formula is C23H26N4O3. The summed E-state index contributed by atoms with van der Waals surface area (Å²) < 4.78 is 5.31. The van der Waals surface area contributed by atoms with E-state index in [2.05, 4.69) is 15.6 Å². The van der Waals surface area contributed by atoms with Crippen LogP contribution in [-0.4, -0.2) is 56.0 Å². The molecule has 0 bridgehead atoms. The van der Waals surface area contributed by atoms with E-state index >= 15 is 0 Å². The highest BCUT2D eigenvalue weighted by Gasteiger charge is 2.15. The highest BCUT2D eigenvalue weighted by Crippen LogP contribution is 2.25. The number of H-pyrrole nitrogens is 1. The molecule has 0 saturated heterocycles. The molecule has 1 heterocycles. The minimum atomic E-state index is -0.349. The number of carbonyl (C=O) groups is 2. The summed E-state index contributed by atoms with van der Waals surface area (Å²) in [6.45, 7) is 1.15. The van der Waals surface area contributed by atoms with Gasteiger partial charge in [0.2, 0.25) is 0 Å². The molecule has 3 aromatic rings. The number of aromatic amines is 1. The number of amides is 2. The molecule has 2 amide bonds. The molecule has 0 aliphatic carbocycles. The molecule has 0 aliphatic rings. The van der Waals surface area contributed by atoms with Crippen molar-refractivity contribution in [3.05, 3.63) is 71.6 Å². The molecule has 1 aromatic heterocycles. The number of fused-ring (bicyclic) bond motifs is 1. The Labute approximate surface area is 175 Å². The van der Waals surface area contributed by atoms with E-state index < -0.39 is 0 Å². The molecule has 2 aromatic carbocycles. The van der Waals surface area contributed by atoms with Gasteiger partial charge in [-0.2, -0.15) is 0 Å². The number of nitrogens with one attached hydrogen (secondary N) is 3. The van der Waals surface area contributed by atoms with Crippen LogP contribution in [0.25, 0.3) is 17.0 Å². The van der Waals surface area contributed by atoms with E-state index in [1.807, 2.05) is 43.3 Å². The molecule has 0 atom stereocenters. The van der Waals surface area contributed by atoms with E-state index in [0.717, 1.165) is 16.5 Å². The smallest absolute Gasteiger partial charge is 0.267 e. The summed E-state index contributed by atoms with van der Waals surface area (Å²) >= 11 is 0. The van der Waals surface area contributed by atoms with Crippen LogP contribution < -0.4 is 15.4 Å². The van der Waals surface area contributed by atoms with Crippen LogP contribution in [0.2, 0.25) is 0 Å². The van der Waals surface area contributed by atoms with Crippen LogP contribution in [-0.2, 0) is 4.79 Å². The zero-order valence-corrected chi connectivity index (χ0v) is 17.4. The summed E-state index contributed by atoms with van der Waals surface area (Å²) in [7, 11) is 5.46. The second-order valence-corrected chi connectivity index (χ2v) is 7.09. The maximum Gasteiger partial charge on any atom is 0.267 e. The van der Waals surface area contributed by atoms with Gasteiger partial charge in [0.25, 0.3) is 11.8 Å². The van der Waals surface area contributed by atoms with Gasteiger partial charge >= 0.3 is 0 Å². The third kappa shape index (κ3) is 5.27. The van der Waals surface area contributed by atoms with Crippen molar-refractivity contribution in [2.24, 2.45) is 0 Å². The molecule has 7 heteroatoms. The zero-order chi connectivity index (χ0) is 21.5. The van der Waals surface area contributed by atoms with E-state index in [9.17, 15) is 9.59 Å². The van der Waals surface area contributed by atoms with Crippen molar-refractivity contribution < 1.29 is 14.3 Å². The van der Waals surface area contributed by atoms with Gasteiger partial charge in [0, 0.05) is 41.3 Å². The first-order valence-electron chi connectivity index (χ1n) is 9.64. The Hall–Kier alpha value is -3.58. The maximum atomic E-state index is 12.8. The Morgan fingerprint density at radius 2 is 1.90 bits per heavy atom. The second kappa shape index (κ2) is 9.76. The predicted octanol–water partition coefficient (Wildman–Crippen LogP) is 2.63. The molecule has 0 spiro atoms. The van der Waals surface area contributed by atoms with Crippen LogP contribution in [0.3, 0.4) is 0 Å². The minimum Gasteiger partial charge on any atom is -0.497 e. The molecule has 7 nitrogen and oxygen atoms in total. The van der Waals surface area contributed by atoms with Crippen molar-refractivity contribution in [2.75, 3.05) is 34.3 Å². The molecule has 3 rings (SSSR count). The zero-order valence-electron chi connectivity index (χ0n) is 17.4. The highest BCUT2D eigenvalue weighted by molar-refractivity contribution is 6.06. The van der Waals surface area contributed by atoms with Crippen molar-refractivity contribution in [3.63, 3.8) is 0 Å². The lowest BCUT2D eigenvalue weighted by Gasteiger charge is -2.13. The van der Waals surface area contributed by atoms with Crippen molar-refractivity contribution in [3.8, 4) is 5.75 Å². The van der Waals surface area contributed by atoms with Crippen LogP contribution in [0, 0.1) is 0 Å². The summed E-state index contributed by atoms with van der Waals surface area (Å²) in [5.41, 5.74) is 2.33. The number of likely N-dealkylation sites (N-methyl/N-ethyl adjacent to an activating group) is 1. The minimum absolute atomic E-state index is 0.173. The van der Waals surface area contributed by atoms with Gasteiger partial charge in [-0.25, -0.2) is 0 Å². The van der Waals surface area contributed by atoms with Gasteiger partial charge in [0.05, 0.1) is 7.11 Å². The third-order valence-corrected chi connectivity index (χ3v) is 4.59. The summed E-state index contributed by atoms with van der Waals surface area (Å²) in [6, 6.07) is 14.5. The number of benzene rings is 2. The molecule has 0 saturated carbocycles. The summed E-state index contributed by atoms with van der Waals surface area (Å²) in [5.74, 6) is 0.0162. The van der Waals surface area contributed by atoms with Crippen LogP contribution in [0.5, 0.6) is 5.75 Å². The number of rotatable bonds is 8. The largest absolute Gasteiger partial charge is 0.497 e. The van der Waals surface area contributed by atoms with Crippen LogP contribution in [0.1, 0.15) is 15.9 Å². The Morgan fingerprint density at radius 3 is 2.60 bits per heavy atom. The van der Waals surface area contributed by atoms with Gasteiger partial charge in [-0.05, 0) is 50.5 Å². The number of aromatic nitrogens is 1. The van der Waals surface area contributed by atoms with Gasteiger partial charge < -0.3 is 25.3 Å². The Kier molecular flexibility index (Phi) is 6.87. The number of nitrogens with zero attached hydrogens (tertiary/aromatic N) is 1. The van der Waals surface area contributed by atoms with E-state index in [-0.39, 0.29) is 17.5 Å². The molecule has 0 fully saturated rings. The number of hydrogen-bond acceptors (Lipinski definition) is 4. The lowest BCUT2D eigenvalue weighted by atomic mass is 10.1. The van der Waals surface area contributed by atoms with Gasteiger partial charge in [0.15, 0.2) is 0 Å². The van der Waals surface area contributed by atoms with E-state index in [0.29, 0.717) is 24.4 Å². The quantitative estimate of drug-likeness (QED) is 0.502. The Morgan fingerprint density at radius 1 is 1.13 bits per heavy atom. The molecular weight excluding hydrogens is 380 g/mol. The first-order valence-corrected chi connectivity index (χ1v) is 9.64. The monoisotopic (exact) mass is 406 g/mol. The van der Waals surface area contributed by atoms with Gasteiger partial charge in [-0.1, -0.05) is 18.2 Å². The average molecular weight is 406 g/mol. The van der Waals surface area contributed by atoms with Crippen LogP contribution in [0.15, 0.2) is 60.4 Å². The van der Waals surface area contributed by atoms with Crippen molar-refractivity contribution in [2.45, 2.75) is 0 Å². The fraction of sp³-hybridized carbons (Fsp3) is 0.217. The number of ether oxygens (including phenoxy) is 1. The van der Waals surface area contributed by atoms with Crippen molar-refractivity contribution >= 4 is 28.8 Å². The second-order valence-electron chi connectivity index (χ2n) is 7.09. The Bertz CT molecular complexity index is 1050. The fourth-order valence-electron chi connectivity index (χ4n) is 2.95. The molecule has 0 aliphatic heterocycles. The molecule has 156 valence electrons. The van der Waals surface area contributed by atoms with Gasteiger partial charge in [-0.3, -0.25) is 9.59 Å². The number of carbonyl (C=O) groups excluding carboxylic acids is 2. The number of methoxy groups -OCH3 is 1. The lowest BCUT2D eigenvalue weighted by molar-refractivity contribution is -0.117. The molecule has 0 unspecified atom stereocenters. The van der Waals surface area contributed by atoms with E-state index in [1.165, 1.54) is 0 Å². The lowest BCUT2D eigenvalue weighted by Crippen LogP contribution is -2.37. The molecule has 0 radical (unpaired) electrons. The van der Waals surface area contributed by atoms with Crippen molar-refractivity contribution in [1.29, 1.82) is 0 Å². The maximum absolute atomic E-state index is 12.8. The molecule has 30 heavy (non-hydrogen) atoms. The van der Waals surface area contributed by atoms with E-state index in [4.69, 9.17) is 4.74 Å². The molecule has 3 N–H and O–H groups in total. The van der Waals surface area contributed by atoms with Crippen molar-refractivity contribution in [1.82, 2.24) is 20.5 Å². The topological polar surface area (TPSA) is 86.5 Å². The normalized spacial score (nSPS) is 11.5. The third-order valence-electron chi connectivity index (χ3n) is 4.59. The summed E-state index contributed by atoms with van der Waals surface area (Å²) in [4.78, 5) is 30.6. The number of hydrogen-bond donors (Lipinski definition) is 3. The summed E-state index contributed by atoms with van der Waals surface area (Å²) in [5, 5.41) is 6.50.